The van der Waals surface area contributed by atoms with Crippen molar-refractivity contribution < 1.29 is 0 Å². The van der Waals surface area contributed by atoms with E-state index in [0.29, 0.717) is 11.3 Å². The number of aromatic nitrogens is 1. The average Bonchev–Trinajstić information content (AvgIpc) is 2.14. The Labute approximate surface area is 104 Å². The third-order valence-corrected chi connectivity index (χ3v) is 3.46. The van der Waals surface area contributed by atoms with E-state index < -0.39 is 0 Å². The van der Waals surface area contributed by atoms with Crippen molar-refractivity contribution in [2.24, 2.45) is 5.41 Å². The van der Waals surface area contributed by atoms with Crippen molar-refractivity contribution in [3.63, 3.8) is 0 Å². The monoisotopic (exact) mass is 288 g/mol. The molecule has 0 unspecified atom stereocenters. The van der Waals surface area contributed by atoms with Gasteiger partial charge in [-0.1, -0.05) is 13.8 Å². The zero-order valence-electron chi connectivity index (χ0n) is 8.93. The predicted molar refractivity (Wildman–Crippen MR) is 67.5 cm³/mol. The first-order valence-corrected chi connectivity index (χ1v) is 6.30. The van der Waals surface area contributed by atoms with Crippen LogP contribution in [-0.4, -0.2) is 18.1 Å². The highest BCUT2D eigenvalue weighted by atomic mass is 79.9. The molecule has 0 saturated carbocycles. The lowest BCUT2D eigenvalue weighted by Crippen LogP contribution is -2.53. The van der Waals surface area contributed by atoms with Crippen molar-refractivity contribution in [2.45, 2.75) is 19.7 Å². The van der Waals surface area contributed by atoms with Crippen LogP contribution >= 0.6 is 27.5 Å². The number of pyridine rings is 1. The molecule has 15 heavy (non-hydrogen) atoms. The quantitative estimate of drug-likeness (QED) is 0.776. The Morgan fingerprint density at radius 2 is 2.20 bits per heavy atom. The summed E-state index contributed by atoms with van der Waals surface area (Å²) in [6.45, 7) is 6.67. The van der Waals surface area contributed by atoms with E-state index in [1.54, 1.807) is 0 Å². The summed E-state index contributed by atoms with van der Waals surface area (Å²) in [6, 6.07) is 2.04. The molecule has 1 aliphatic rings. The molecule has 2 nitrogen and oxygen atoms in total. The van der Waals surface area contributed by atoms with E-state index in [1.807, 2.05) is 12.3 Å². The molecule has 2 rings (SSSR count). The van der Waals surface area contributed by atoms with E-state index in [-0.39, 0.29) is 0 Å². The highest BCUT2D eigenvalue weighted by molar-refractivity contribution is 9.10. The molecule has 0 N–H and O–H groups in total. The van der Waals surface area contributed by atoms with Gasteiger partial charge in [-0.3, -0.25) is 0 Å². The van der Waals surface area contributed by atoms with Gasteiger partial charge in [0.15, 0.2) is 0 Å². The third kappa shape index (κ3) is 2.28. The Bertz CT molecular complexity index is 371. The molecule has 1 aromatic rings. The maximum Gasteiger partial charge on any atom is 0.142 e. The third-order valence-electron chi connectivity index (χ3n) is 2.57. The topological polar surface area (TPSA) is 16.1 Å². The molecule has 0 bridgehead atoms. The summed E-state index contributed by atoms with van der Waals surface area (Å²) in [4.78, 5) is 6.71. The summed E-state index contributed by atoms with van der Waals surface area (Å²) in [5.74, 6) is 1.54. The summed E-state index contributed by atoms with van der Waals surface area (Å²) in [5, 5.41) is 0. The normalized spacial score (nSPS) is 18.8. The molecule has 0 atom stereocenters. The van der Waals surface area contributed by atoms with Crippen LogP contribution in [0.5, 0.6) is 0 Å². The molecule has 0 radical (unpaired) electrons. The van der Waals surface area contributed by atoms with E-state index in [0.717, 1.165) is 28.9 Å². The molecule has 4 heteroatoms. The minimum Gasteiger partial charge on any atom is -0.354 e. The van der Waals surface area contributed by atoms with Crippen molar-refractivity contribution in [1.82, 2.24) is 4.98 Å². The van der Waals surface area contributed by atoms with Crippen molar-refractivity contribution in [3.8, 4) is 0 Å². The number of hydrogen-bond donors (Lipinski definition) is 0. The molecule has 2 heterocycles. The number of anilines is 1. The number of alkyl halides is 1. The largest absolute Gasteiger partial charge is 0.354 e. The number of rotatable bonds is 2. The minimum atomic E-state index is 0.423. The summed E-state index contributed by atoms with van der Waals surface area (Å²) in [7, 11) is 0. The Hall–Kier alpha value is -0.280. The van der Waals surface area contributed by atoms with Crippen LogP contribution in [-0.2, 0) is 5.88 Å². The van der Waals surface area contributed by atoms with E-state index in [2.05, 4.69) is 39.7 Å². The molecule has 1 saturated heterocycles. The lowest BCUT2D eigenvalue weighted by Gasteiger charge is -2.46. The van der Waals surface area contributed by atoms with Crippen molar-refractivity contribution in [3.05, 3.63) is 22.3 Å². The second-order valence-electron chi connectivity index (χ2n) is 4.80. The van der Waals surface area contributed by atoms with Crippen LogP contribution in [0.15, 0.2) is 16.7 Å². The maximum atomic E-state index is 5.75. The molecule has 82 valence electrons. The van der Waals surface area contributed by atoms with Crippen LogP contribution in [0.3, 0.4) is 0 Å². The molecule has 0 spiro atoms. The van der Waals surface area contributed by atoms with Crippen LogP contribution in [0.4, 0.5) is 5.82 Å². The Morgan fingerprint density at radius 3 is 2.67 bits per heavy atom. The van der Waals surface area contributed by atoms with E-state index >= 15 is 0 Å². The average molecular weight is 290 g/mol. The predicted octanol–water partition coefficient (Wildman–Crippen LogP) is 3.43. The van der Waals surface area contributed by atoms with Gasteiger partial charge in [-0.05, 0) is 33.0 Å². The van der Waals surface area contributed by atoms with Crippen LogP contribution in [0.2, 0.25) is 0 Å². The van der Waals surface area contributed by atoms with Gasteiger partial charge in [-0.2, -0.15) is 0 Å². The van der Waals surface area contributed by atoms with Gasteiger partial charge < -0.3 is 4.90 Å². The second kappa shape index (κ2) is 3.95. The lowest BCUT2D eigenvalue weighted by atomic mass is 9.84. The SMILES string of the molecule is CC1(C)CN(c2ncc(CCl)cc2Br)C1. The molecule has 0 aliphatic carbocycles. The van der Waals surface area contributed by atoms with Crippen molar-refractivity contribution in [1.29, 1.82) is 0 Å². The Morgan fingerprint density at radius 1 is 1.53 bits per heavy atom. The van der Waals surface area contributed by atoms with Gasteiger partial charge in [0.05, 0.1) is 4.47 Å². The summed E-state index contributed by atoms with van der Waals surface area (Å²) in [6.07, 6.45) is 1.85. The highest BCUT2D eigenvalue weighted by Crippen LogP contribution is 2.36. The summed E-state index contributed by atoms with van der Waals surface area (Å²) >= 11 is 9.29. The molecule has 0 aromatic carbocycles. The maximum absolute atomic E-state index is 5.75. The zero-order valence-corrected chi connectivity index (χ0v) is 11.3. The van der Waals surface area contributed by atoms with Gasteiger partial charge in [0.25, 0.3) is 0 Å². The van der Waals surface area contributed by atoms with Crippen LogP contribution in [0.1, 0.15) is 19.4 Å². The Kier molecular flexibility index (Phi) is 2.95. The smallest absolute Gasteiger partial charge is 0.142 e. The number of halogens is 2. The fraction of sp³-hybridized carbons (Fsp3) is 0.545. The van der Waals surface area contributed by atoms with Crippen LogP contribution in [0.25, 0.3) is 0 Å². The van der Waals surface area contributed by atoms with E-state index in [9.17, 15) is 0 Å². The van der Waals surface area contributed by atoms with Crippen LogP contribution < -0.4 is 4.90 Å². The first-order valence-electron chi connectivity index (χ1n) is 4.97. The summed E-state index contributed by atoms with van der Waals surface area (Å²) in [5.41, 5.74) is 1.47. The Balaban J connectivity index is 2.17. The fourth-order valence-corrected chi connectivity index (χ4v) is 2.71. The van der Waals surface area contributed by atoms with Crippen molar-refractivity contribution in [2.75, 3.05) is 18.0 Å². The summed E-state index contributed by atoms with van der Waals surface area (Å²) < 4.78 is 1.04. The molecule has 0 amide bonds. The first kappa shape index (κ1) is 11.2. The number of nitrogens with zero attached hydrogens (tertiary/aromatic N) is 2. The molecular weight excluding hydrogens is 275 g/mol. The van der Waals surface area contributed by atoms with Gasteiger partial charge in [-0.25, -0.2) is 4.98 Å². The first-order chi connectivity index (χ1) is 7.02. The second-order valence-corrected chi connectivity index (χ2v) is 5.92. The van der Waals surface area contributed by atoms with Gasteiger partial charge in [0.2, 0.25) is 0 Å². The van der Waals surface area contributed by atoms with Crippen molar-refractivity contribution >= 4 is 33.3 Å². The molecular formula is C11H14BrClN2. The van der Waals surface area contributed by atoms with Gasteiger partial charge in [0.1, 0.15) is 5.82 Å². The fourth-order valence-electron chi connectivity index (χ4n) is 1.91. The van der Waals surface area contributed by atoms with E-state index in [4.69, 9.17) is 11.6 Å². The van der Waals surface area contributed by atoms with Gasteiger partial charge >= 0.3 is 0 Å². The standard InChI is InChI=1S/C11H14BrClN2/c1-11(2)6-15(7-11)10-9(12)3-8(4-13)5-14-10/h3,5H,4,6-7H2,1-2H3. The lowest BCUT2D eigenvalue weighted by molar-refractivity contribution is 0.274. The van der Waals surface area contributed by atoms with E-state index in [1.165, 1.54) is 0 Å². The highest BCUT2D eigenvalue weighted by Gasteiger charge is 2.35. The molecule has 1 aliphatic heterocycles. The minimum absolute atomic E-state index is 0.423. The van der Waals surface area contributed by atoms with Gasteiger partial charge in [0, 0.05) is 25.2 Å². The number of hydrogen-bond acceptors (Lipinski definition) is 2. The zero-order chi connectivity index (χ0) is 11.1. The van der Waals surface area contributed by atoms with Gasteiger partial charge in [-0.15, -0.1) is 11.6 Å². The molecule has 1 fully saturated rings. The van der Waals surface area contributed by atoms with Crippen LogP contribution in [0, 0.1) is 5.41 Å². The molecule has 1 aromatic heterocycles.